The van der Waals surface area contributed by atoms with Crippen LogP contribution in [0.5, 0.6) is 0 Å². The van der Waals surface area contributed by atoms with Crippen LogP contribution in [0.1, 0.15) is 77.6 Å². The van der Waals surface area contributed by atoms with Crippen LogP contribution in [0.3, 0.4) is 0 Å². The molecule has 0 saturated carbocycles. The van der Waals surface area contributed by atoms with Crippen molar-refractivity contribution in [2.24, 2.45) is 0 Å². The highest BCUT2D eigenvalue weighted by Gasteiger charge is 1.93. The normalized spacial score (nSPS) is 14.6. The fourth-order valence-corrected chi connectivity index (χ4v) is 2.39. The summed E-state index contributed by atoms with van der Waals surface area (Å²) in [5, 5.41) is 0. The molecular formula is C18H30. The Hall–Kier alpha value is -0.780. The highest BCUT2D eigenvalue weighted by atomic mass is 14.0. The average Bonchev–Trinajstić information content (AvgIpc) is 2.89. The topological polar surface area (TPSA) is 0 Å². The quantitative estimate of drug-likeness (QED) is 0.373. The summed E-state index contributed by atoms with van der Waals surface area (Å²) >= 11 is 0. The third-order valence-corrected chi connectivity index (χ3v) is 3.61. The fourth-order valence-electron chi connectivity index (χ4n) is 2.39. The summed E-state index contributed by atoms with van der Waals surface area (Å²) < 4.78 is 0. The van der Waals surface area contributed by atoms with Gasteiger partial charge >= 0.3 is 0 Å². The van der Waals surface area contributed by atoms with Crippen molar-refractivity contribution in [3.05, 3.63) is 36.0 Å². The van der Waals surface area contributed by atoms with Crippen LogP contribution in [0.15, 0.2) is 36.0 Å². The molecule has 0 heterocycles. The van der Waals surface area contributed by atoms with Gasteiger partial charge in [-0.3, -0.25) is 0 Å². The molecule has 0 radical (unpaired) electrons. The molecule has 0 nitrogen and oxygen atoms in total. The Morgan fingerprint density at radius 3 is 2.22 bits per heavy atom. The van der Waals surface area contributed by atoms with Crippen molar-refractivity contribution >= 4 is 0 Å². The second-order valence-corrected chi connectivity index (χ2v) is 5.39. The predicted molar refractivity (Wildman–Crippen MR) is 82.8 cm³/mol. The average molecular weight is 246 g/mol. The monoisotopic (exact) mass is 246 g/mol. The van der Waals surface area contributed by atoms with Gasteiger partial charge in [-0.25, -0.2) is 0 Å². The molecule has 1 aliphatic rings. The first-order valence-corrected chi connectivity index (χ1v) is 7.95. The van der Waals surface area contributed by atoms with Crippen LogP contribution >= 0.6 is 0 Å². The minimum Gasteiger partial charge on any atom is -0.0843 e. The van der Waals surface area contributed by atoms with Gasteiger partial charge in [-0.05, 0) is 24.8 Å². The first kappa shape index (κ1) is 15.3. The van der Waals surface area contributed by atoms with E-state index < -0.39 is 0 Å². The molecule has 102 valence electrons. The van der Waals surface area contributed by atoms with E-state index in [1.807, 2.05) is 0 Å². The molecule has 0 aromatic rings. The van der Waals surface area contributed by atoms with Crippen molar-refractivity contribution < 1.29 is 0 Å². The van der Waals surface area contributed by atoms with E-state index in [0.717, 1.165) is 6.42 Å². The van der Waals surface area contributed by atoms with Crippen LogP contribution in [0.2, 0.25) is 0 Å². The lowest BCUT2D eigenvalue weighted by atomic mass is 10.1. The summed E-state index contributed by atoms with van der Waals surface area (Å²) in [5.74, 6) is 0. The van der Waals surface area contributed by atoms with Gasteiger partial charge in [0, 0.05) is 0 Å². The molecule has 0 amide bonds. The molecule has 0 spiro atoms. The summed E-state index contributed by atoms with van der Waals surface area (Å²) in [6, 6.07) is 0. The Balaban J connectivity index is 1.78. The van der Waals surface area contributed by atoms with Gasteiger partial charge in [-0.2, -0.15) is 0 Å². The number of allylic oxidation sites excluding steroid dienone is 6. The van der Waals surface area contributed by atoms with E-state index in [-0.39, 0.29) is 0 Å². The minimum absolute atomic E-state index is 1.13. The molecule has 0 aromatic heterocycles. The second-order valence-electron chi connectivity index (χ2n) is 5.39. The van der Waals surface area contributed by atoms with Gasteiger partial charge < -0.3 is 0 Å². The lowest BCUT2D eigenvalue weighted by molar-refractivity contribution is 0.566. The first-order chi connectivity index (χ1) is 8.93. The van der Waals surface area contributed by atoms with Crippen molar-refractivity contribution in [1.82, 2.24) is 0 Å². The number of hydrogen-bond donors (Lipinski definition) is 0. The molecule has 0 atom stereocenters. The Morgan fingerprint density at radius 1 is 0.944 bits per heavy atom. The van der Waals surface area contributed by atoms with Crippen LogP contribution in [0, 0.1) is 0 Å². The van der Waals surface area contributed by atoms with Crippen molar-refractivity contribution in [2.45, 2.75) is 77.6 Å². The summed E-state index contributed by atoms with van der Waals surface area (Å²) in [4.78, 5) is 0. The predicted octanol–water partition coefficient (Wildman–Crippen LogP) is 6.35. The van der Waals surface area contributed by atoms with Crippen molar-refractivity contribution in [1.29, 1.82) is 0 Å². The Morgan fingerprint density at radius 2 is 1.61 bits per heavy atom. The van der Waals surface area contributed by atoms with E-state index in [0.29, 0.717) is 0 Å². The molecule has 0 N–H and O–H groups in total. The van der Waals surface area contributed by atoms with Crippen LogP contribution in [-0.2, 0) is 0 Å². The summed E-state index contributed by atoms with van der Waals surface area (Å²) in [6.07, 6.45) is 26.4. The van der Waals surface area contributed by atoms with E-state index in [1.165, 1.54) is 69.8 Å². The highest BCUT2D eigenvalue weighted by Crippen LogP contribution is 2.13. The van der Waals surface area contributed by atoms with E-state index >= 15 is 0 Å². The van der Waals surface area contributed by atoms with Crippen LogP contribution < -0.4 is 0 Å². The van der Waals surface area contributed by atoms with Crippen LogP contribution in [0.25, 0.3) is 0 Å². The van der Waals surface area contributed by atoms with Gasteiger partial charge in [0.15, 0.2) is 0 Å². The molecule has 1 aliphatic carbocycles. The summed E-state index contributed by atoms with van der Waals surface area (Å²) in [5.41, 5.74) is 1.46. The largest absolute Gasteiger partial charge is 0.0843 e. The van der Waals surface area contributed by atoms with Crippen LogP contribution in [0.4, 0.5) is 0 Å². The minimum atomic E-state index is 1.13. The van der Waals surface area contributed by atoms with Gasteiger partial charge in [0.25, 0.3) is 0 Å². The fraction of sp³-hybridized carbons (Fsp3) is 0.667. The zero-order valence-electron chi connectivity index (χ0n) is 12.2. The zero-order valence-corrected chi connectivity index (χ0v) is 12.2. The molecule has 18 heavy (non-hydrogen) atoms. The lowest BCUT2D eigenvalue weighted by Crippen LogP contribution is -1.80. The van der Waals surface area contributed by atoms with Gasteiger partial charge in [0.1, 0.15) is 0 Å². The maximum atomic E-state index is 2.35. The Labute approximate surface area is 114 Å². The maximum Gasteiger partial charge on any atom is -0.00944 e. The van der Waals surface area contributed by atoms with Crippen molar-refractivity contribution in [2.75, 3.05) is 0 Å². The number of unbranched alkanes of at least 4 members (excludes halogenated alkanes) is 9. The summed E-state index contributed by atoms with van der Waals surface area (Å²) in [6.45, 7) is 2.28. The molecule has 0 aliphatic heterocycles. The smallest absolute Gasteiger partial charge is 0.00944 e. The van der Waals surface area contributed by atoms with E-state index in [1.54, 1.807) is 0 Å². The molecule has 1 rings (SSSR count). The lowest BCUT2D eigenvalue weighted by Gasteiger charge is -2.00. The van der Waals surface area contributed by atoms with Crippen LogP contribution in [-0.4, -0.2) is 0 Å². The maximum absolute atomic E-state index is 2.35. The number of rotatable bonds is 11. The highest BCUT2D eigenvalue weighted by molar-refractivity contribution is 5.31. The molecule has 0 unspecified atom stereocenters. The molecule has 0 saturated heterocycles. The second kappa shape index (κ2) is 11.3. The Bertz CT molecular complexity index is 268. The SMILES string of the molecule is CCCCCCCCCCC/C=C/C1=CC=CC1. The number of hydrogen-bond acceptors (Lipinski definition) is 0. The van der Waals surface area contributed by atoms with Gasteiger partial charge in [-0.1, -0.05) is 88.7 Å². The van der Waals surface area contributed by atoms with Crippen molar-refractivity contribution in [3.63, 3.8) is 0 Å². The molecule has 0 heteroatoms. The third kappa shape index (κ3) is 8.33. The van der Waals surface area contributed by atoms with Gasteiger partial charge in [0.05, 0.1) is 0 Å². The molecule has 0 aromatic carbocycles. The molecule has 0 bridgehead atoms. The van der Waals surface area contributed by atoms with E-state index in [4.69, 9.17) is 0 Å². The van der Waals surface area contributed by atoms with E-state index in [2.05, 4.69) is 37.3 Å². The standard InChI is InChI=1S/C18H30/c1-2-3-4-5-6-7-8-9-10-11-12-15-18-16-13-14-17-18/h12-16H,2-11,17H2,1H3/b15-12+. The molecular weight excluding hydrogens is 216 g/mol. The van der Waals surface area contributed by atoms with E-state index in [9.17, 15) is 0 Å². The molecule has 0 fully saturated rings. The Kier molecular flexibility index (Phi) is 9.61. The first-order valence-electron chi connectivity index (χ1n) is 7.95. The summed E-state index contributed by atoms with van der Waals surface area (Å²) in [7, 11) is 0. The zero-order chi connectivity index (χ0) is 12.9. The van der Waals surface area contributed by atoms with Gasteiger partial charge in [0.2, 0.25) is 0 Å². The third-order valence-electron chi connectivity index (χ3n) is 3.61. The van der Waals surface area contributed by atoms with Gasteiger partial charge in [-0.15, -0.1) is 0 Å². The van der Waals surface area contributed by atoms with Crippen molar-refractivity contribution in [3.8, 4) is 0 Å².